The van der Waals surface area contributed by atoms with Gasteiger partial charge in [0.05, 0.1) is 12.2 Å². The number of carboxylic acid groups (broad SMARTS) is 1. The van der Waals surface area contributed by atoms with Gasteiger partial charge in [-0.05, 0) is 49.9 Å². The summed E-state index contributed by atoms with van der Waals surface area (Å²) in [6, 6.07) is 10.9. The number of nitrogens with zero attached hydrogens (tertiary/aromatic N) is 2. The molecule has 1 aromatic carbocycles. The van der Waals surface area contributed by atoms with Gasteiger partial charge < -0.3 is 14.8 Å². The number of carbonyl (C=O) groups excluding carboxylic acids is 1. The fourth-order valence-electron chi connectivity index (χ4n) is 3.46. The van der Waals surface area contributed by atoms with Crippen molar-refractivity contribution >= 4 is 11.9 Å². The molecule has 138 valence electrons. The highest BCUT2D eigenvalue weighted by Crippen LogP contribution is 2.28. The van der Waals surface area contributed by atoms with Crippen LogP contribution in [0.25, 0.3) is 5.69 Å². The van der Waals surface area contributed by atoms with Crippen LogP contribution in [0.5, 0.6) is 0 Å². The van der Waals surface area contributed by atoms with Gasteiger partial charge in [0.1, 0.15) is 5.76 Å². The van der Waals surface area contributed by atoms with Crippen LogP contribution in [-0.4, -0.2) is 26.8 Å². The second kappa shape index (κ2) is 6.75. The summed E-state index contributed by atoms with van der Waals surface area (Å²) < 4.78 is 7.05. The molecule has 7 nitrogen and oxygen atoms in total. The molecular formula is C20H19N3O4. The molecule has 0 bridgehead atoms. The van der Waals surface area contributed by atoms with Crippen LogP contribution in [0.1, 0.15) is 50.0 Å². The largest absolute Gasteiger partial charge is 0.475 e. The summed E-state index contributed by atoms with van der Waals surface area (Å²) in [5.41, 5.74) is 4.57. The molecule has 0 saturated carbocycles. The third-order valence-electron chi connectivity index (χ3n) is 4.78. The highest BCUT2D eigenvalue weighted by Gasteiger charge is 2.27. The van der Waals surface area contributed by atoms with Crippen molar-refractivity contribution in [3.63, 3.8) is 0 Å². The lowest BCUT2D eigenvalue weighted by Crippen LogP contribution is -2.24. The maximum Gasteiger partial charge on any atom is 0.371 e. The predicted molar refractivity (Wildman–Crippen MR) is 97.2 cm³/mol. The van der Waals surface area contributed by atoms with Crippen LogP contribution in [-0.2, 0) is 19.4 Å². The van der Waals surface area contributed by atoms with Gasteiger partial charge in [0.2, 0.25) is 5.76 Å². The van der Waals surface area contributed by atoms with Gasteiger partial charge in [-0.25, -0.2) is 9.48 Å². The van der Waals surface area contributed by atoms with E-state index in [0.29, 0.717) is 11.5 Å². The van der Waals surface area contributed by atoms with Crippen molar-refractivity contribution in [1.29, 1.82) is 0 Å². The monoisotopic (exact) mass is 365 g/mol. The van der Waals surface area contributed by atoms with Crippen LogP contribution < -0.4 is 5.32 Å². The van der Waals surface area contributed by atoms with Crippen LogP contribution in [0.3, 0.4) is 0 Å². The Bertz CT molecular complexity index is 1030. The van der Waals surface area contributed by atoms with Gasteiger partial charge in [0, 0.05) is 11.3 Å². The van der Waals surface area contributed by atoms with Crippen LogP contribution in [0, 0.1) is 6.92 Å². The van der Waals surface area contributed by atoms with E-state index in [1.165, 1.54) is 6.07 Å². The lowest BCUT2D eigenvalue weighted by Gasteiger charge is -2.08. The normalized spacial score (nSPS) is 12.8. The Hall–Kier alpha value is -3.35. The SMILES string of the molecule is Cc1ccccc1-n1nc(C(=O)NCc2ccc(C(=O)O)o2)c2c1CCC2. The summed E-state index contributed by atoms with van der Waals surface area (Å²) in [5, 5.41) is 16.3. The number of amides is 1. The molecule has 2 aromatic heterocycles. The van der Waals surface area contributed by atoms with E-state index in [9.17, 15) is 9.59 Å². The lowest BCUT2D eigenvalue weighted by atomic mass is 10.2. The van der Waals surface area contributed by atoms with Crippen molar-refractivity contribution in [3.05, 3.63) is 70.4 Å². The number of aromatic nitrogens is 2. The average molecular weight is 365 g/mol. The summed E-state index contributed by atoms with van der Waals surface area (Å²) in [4.78, 5) is 23.6. The fraction of sp³-hybridized carbons (Fsp3) is 0.250. The number of hydrogen-bond acceptors (Lipinski definition) is 4. The molecule has 27 heavy (non-hydrogen) atoms. The number of aryl methyl sites for hydroxylation is 1. The maximum absolute atomic E-state index is 12.7. The molecule has 1 aliphatic carbocycles. The number of hydrogen-bond donors (Lipinski definition) is 2. The van der Waals surface area contributed by atoms with Crippen molar-refractivity contribution < 1.29 is 19.1 Å². The Morgan fingerprint density at radius 1 is 1.22 bits per heavy atom. The molecule has 0 radical (unpaired) electrons. The van der Waals surface area contributed by atoms with E-state index in [2.05, 4.69) is 10.4 Å². The Morgan fingerprint density at radius 3 is 2.78 bits per heavy atom. The highest BCUT2D eigenvalue weighted by atomic mass is 16.4. The summed E-state index contributed by atoms with van der Waals surface area (Å²) in [7, 11) is 0. The Kier molecular flexibility index (Phi) is 4.27. The van der Waals surface area contributed by atoms with E-state index in [-0.39, 0.29) is 18.2 Å². The van der Waals surface area contributed by atoms with Gasteiger partial charge in [0.25, 0.3) is 5.91 Å². The standard InChI is InChI=1S/C20H19N3O4/c1-12-5-2-3-7-15(12)23-16-8-4-6-14(16)18(22-23)19(24)21-11-13-9-10-17(27-13)20(25)26/h2-3,5,7,9-10H,4,6,8,11H2,1H3,(H,21,24)(H,25,26). The maximum atomic E-state index is 12.7. The number of carbonyl (C=O) groups is 2. The number of fused-ring (bicyclic) bond motifs is 1. The molecule has 4 rings (SSSR count). The molecule has 0 aliphatic heterocycles. The molecule has 0 spiro atoms. The van der Waals surface area contributed by atoms with Crippen LogP contribution in [0.4, 0.5) is 0 Å². The van der Waals surface area contributed by atoms with Crippen LogP contribution >= 0.6 is 0 Å². The third-order valence-corrected chi connectivity index (χ3v) is 4.78. The number of para-hydroxylation sites is 1. The summed E-state index contributed by atoms with van der Waals surface area (Å²) in [6.07, 6.45) is 2.72. The zero-order valence-electron chi connectivity index (χ0n) is 14.9. The lowest BCUT2D eigenvalue weighted by molar-refractivity contribution is 0.0660. The smallest absolute Gasteiger partial charge is 0.371 e. The predicted octanol–water partition coefficient (Wildman–Crippen LogP) is 2.89. The summed E-state index contributed by atoms with van der Waals surface area (Å²) in [6.45, 7) is 2.13. The summed E-state index contributed by atoms with van der Waals surface area (Å²) >= 11 is 0. The second-order valence-corrected chi connectivity index (χ2v) is 6.58. The molecule has 2 heterocycles. The third kappa shape index (κ3) is 3.12. The quantitative estimate of drug-likeness (QED) is 0.725. The number of furan rings is 1. The second-order valence-electron chi connectivity index (χ2n) is 6.58. The van der Waals surface area contributed by atoms with E-state index in [4.69, 9.17) is 9.52 Å². The van der Waals surface area contributed by atoms with E-state index in [1.54, 1.807) is 6.07 Å². The molecular weight excluding hydrogens is 346 g/mol. The number of benzene rings is 1. The Balaban J connectivity index is 1.58. The molecule has 2 N–H and O–H groups in total. The highest BCUT2D eigenvalue weighted by molar-refractivity contribution is 5.94. The molecule has 0 unspecified atom stereocenters. The van der Waals surface area contributed by atoms with Gasteiger partial charge in [-0.15, -0.1) is 0 Å². The van der Waals surface area contributed by atoms with Crippen molar-refractivity contribution in [3.8, 4) is 5.69 Å². The van der Waals surface area contributed by atoms with E-state index >= 15 is 0 Å². The molecule has 0 fully saturated rings. The topological polar surface area (TPSA) is 97.4 Å². The Labute approximate surface area is 155 Å². The van der Waals surface area contributed by atoms with Crippen molar-refractivity contribution in [2.24, 2.45) is 0 Å². The van der Waals surface area contributed by atoms with Gasteiger partial charge >= 0.3 is 5.97 Å². The molecule has 1 aliphatic rings. The number of aromatic carboxylic acids is 1. The average Bonchev–Trinajstić information content (AvgIpc) is 3.36. The van der Waals surface area contributed by atoms with E-state index in [1.807, 2.05) is 35.9 Å². The first-order valence-electron chi connectivity index (χ1n) is 8.81. The Morgan fingerprint density at radius 2 is 2.04 bits per heavy atom. The minimum atomic E-state index is -1.14. The number of nitrogens with one attached hydrogen (secondary N) is 1. The zero-order chi connectivity index (χ0) is 19.0. The van der Waals surface area contributed by atoms with Crippen molar-refractivity contribution in [2.45, 2.75) is 32.7 Å². The first-order valence-corrected chi connectivity index (χ1v) is 8.81. The number of carboxylic acids is 1. The molecule has 7 heteroatoms. The molecule has 1 amide bonds. The minimum absolute atomic E-state index is 0.109. The van der Waals surface area contributed by atoms with Crippen LogP contribution in [0.2, 0.25) is 0 Å². The summed E-state index contributed by atoms with van der Waals surface area (Å²) in [5.74, 6) is -1.18. The first-order chi connectivity index (χ1) is 13.0. The fourth-order valence-corrected chi connectivity index (χ4v) is 3.46. The minimum Gasteiger partial charge on any atom is -0.475 e. The van der Waals surface area contributed by atoms with Crippen LogP contribution in [0.15, 0.2) is 40.8 Å². The number of rotatable bonds is 5. The molecule has 0 atom stereocenters. The first kappa shape index (κ1) is 17.1. The molecule has 0 saturated heterocycles. The zero-order valence-corrected chi connectivity index (χ0v) is 14.9. The van der Waals surface area contributed by atoms with Gasteiger partial charge in [-0.2, -0.15) is 5.10 Å². The molecule has 3 aromatic rings. The van der Waals surface area contributed by atoms with Crippen molar-refractivity contribution in [1.82, 2.24) is 15.1 Å². The van der Waals surface area contributed by atoms with E-state index < -0.39 is 5.97 Å². The van der Waals surface area contributed by atoms with E-state index in [0.717, 1.165) is 41.8 Å². The van der Waals surface area contributed by atoms with Crippen molar-refractivity contribution in [2.75, 3.05) is 0 Å². The van der Waals surface area contributed by atoms with Gasteiger partial charge in [-0.3, -0.25) is 4.79 Å². The van der Waals surface area contributed by atoms with Gasteiger partial charge in [-0.1, -0.05) is 18.2 Å². The van der Waals surface area contributed by atoms with Gasteiger partial charge in [0.15, 0.2) is 5.69 Å².